The summed E-state index contributed by atoms with van der Waals surface area (Å²) < 4.78 is 5.46. The van der Waals surface area contributed by atoms with Crippen molar-refractivity contribution in [1.82, 2.24) is 0 Å². The standard InChI is InChI=1S/C12H20O4S/c1-12(6-2-3-7-12)16-11(15)5-9-17-8-4-10(13)14/h2-9H2,1H3,(H,13,14). The van der Waals surface area contributed by atoms with Gasteiger partial charge in [-0.25, -0.2) is 0 Å². The third-order valence-corrected chi connectivity index (χ3v) is 3.92. The first-order chi connectivity index (χ1) is 8.02. The summed E-state index contributed by atoms with van der Waals surface area (Å²) in [6.45, 7) is 2.00. The van der Waals surface area contributed by atoms with Crippen LogP contribution >= 0.6 is 11.8 Å². The Balaban J connectivity index is 2.07. The van der Waals surface area contributed by atoms with E-state index in [1.54, 1.807) is 0 Å². The van der Waals surface area contributed by atoms with Gasteiger partial charge in [-0.1, -0.05) is 0 Å². The quantitative estimate of drug-likeness (QED) is 0.562. The number of carboxylic acid groups (broad SMARTS) is 1. The van der Waals surface area contributed by atoms with E-state index in [4.69, 9.17) is 9.84 Å². The van der Waals surface area contributed by atoms with Gasteiger partial charge in [-0.3, -0.25) is 9.59 Å². The maximum absolute atomic E-state index is 11.5. The third-order valence-electron chi connectivity index (χ3n) is 2.93. The Hall–Kier alpha value is -0.710. The summed E-state index contributed by atoms with van der Waals surface area (Å²) in [5, 5.41) is 8.44. The van der Waals surface area contributed by atoms with E-state index >= 15 is 0 Å². The summed E-state index contributed by atoms with van der Waals surface area (Å²) >= 11 is 1.49. The van der Waals surface area contributed by atoms with Crippen molar-refractivity contribution in [3.05, 3.63) is 0 Å². The number of ether oxygens (including phenoxy) is 1. The number of carboxylic acids is 1. The molecule has 0 spiro atoms. The molecule has 1 aliphatic carbocycles. The van der Waals surface area contributed by atoms with Crippen molar-refractivity contribution in [2.24, 2.45) is 0 Å². The zero-order valence-electron chi connectivity index (χ0n) is 10.2. The lowest BCUT2D eigenvalue weighted by atomic mass is 10.1. The Morgan fingerprint density at radius 3 is 2.41 bits per heavy atom. The van der Waals surface area contributed by atoms with E-state index in [1.165, 1.54) is 11.8 Å². The summed E-state index contributed by atoms with van der Waals surface area (Å²) in [6.07, 6.45) is 4.72. The van der Waals surface area contributed by atoms with Crippen LogP contribution in [0.1, 0.15) is 45.4 Å². The van der Waals surface area contributed by atoms with Crippen LogP contribution in [0.4, 0.5) is 0 Å². The van der Waals surface area contributed by atoms with Crippen molar-refractivity contribution in [2.45, 2.75) is 51.0 Å². The number of aliphatic carboxylic acids is 1. The molecule has 0 radical (unpaired) electrons. The molecule has 0 bridgehead atoms. The van der Waals surface area contributed by atoms with E-state index in [2.05, 4.69) is 0 Å². The van der Waals surface area contributed by atoms with Crippen molar-refractivity contribution in [2.75, 3.05) is 11.5 Å². The highest BCUT2D eigenvalue weighted by Gasteiger charge is 2.32. The highest BCUT2D eigenvalue weighted by molar-refractivity contribution is 7.99. The van der Waals surface area contributed by atoms with Crippen molar-refractivity contribution in [3.8, 4) is 0 Å². The van der Waals surface area contributed by atoms with Crippen LogP contribution in [0.5, 0.6) is 0 Å². The van der Waals surface area contributed by atoms with E-state index in [0.29, 0.717) is 17.9 Å². The van der Waals surface area contributed by atoms with Crippen molar-refractivity contribution in [1.29, 1.82) is 0 Å². The van der Waals surface area contributed by atoms with Crippen LogP contribution in [-0.2, 0) is 14.3 Å². The normalized spacial score (nSPS) is 17.9. The number of esters is 1. The van der Waals surface area contributed by atoms with E-state index < -0.39 is 5.97 Å². The zero-order valence-corrected chi connectivity index (χ0v) is 11.1. The van der Waals surface area contributed by atoms with Crippen LogP contribution in [0.2, 0.25) is 0 Å². The molecule has 0 saturated heterocycles. The number of hydrogen-bond acceptors (Lipinski definition) is 4. The molecule has 1 fully saturated rings. The summed E-state index contributed by atoms with van der Waals surface area (Å²) in [7, 11) is 0. The van der Waals surface area contributed by atoms with E-state index in [-0.39, 0.29) is 18.0 Å². The Labute approximate surface area is 106 Å². The molecule has 0 aliphatic heterocycles. The van der Waals surface area contributed by atoms with Gasteiger partial charge < -0.3 is 9.84 Å². The number of carbonyl (C=O) groups excluding carboxylic acids is 1. The van der Waals surface area contributed by atoms with E-state index in [0.717, 1.165) is 25.7 Å². The lowest BCUT2D eigenvalue weighted by Crippen LogP contribution is -2.28. The molecule has 17 heavy (non-hydrogen) atoms. The smallest absolute Gasteiger partial charge is 0.307 e. The summed E-state index contributed by atoms with van der Waals surface area (Å²) in [4.78, 5) is 21.8. The number of carbonyl (C=O) groups is 2. The van der Waals surface area contributed by atoms with Crippen LogP contribution in [0, 0.1) is 0 Å². The second-order valence-corrected chi connectivity index (χ2v) is 5.86. The van der Waals surface area contributed by atoms with Gasteiger partial charge in [0.1, 0.15) is 5.60 Å². The molecule has 0 atom stereocenters. The van der Waals surface area contributed by atoms with Gasteiger partial charge in [-0.15, -0.1) is 0 Å². The van der Waals surface area contributed by atoms with Gasteiger partial charge in [0.2, 0.25) is 0 Å². The first-order valence-corrected chi connectivity index (χ1v) is 7.19. The SMILES string of the molecule is CC1(OC(=O)CCSCCC(=O)O)CCCC1. The van der Waals surface area contributed by atoms with Crippen LogP contribution in [0.25, 0.3) is 0 Å². The molecule has 0 aromatic rings. The molecule has 1 saturated carbocycles. The van der Waals surface area contributed by atoms with Crippen molar-refractivity contribution < 1.29 is 19.4 Å². The highest BCUT2D eigenvalue weighted by Crippen LogP contribution is 2.32. The van der Waals surface area contributed by atoms with Crippen LogP contribution in [0.3, 0.4) is 0 Å². The molecule has 0 heterocycles. The third kappa shape index (κ3) is 5.96. The fourth-order valence-corrected chi connectivity index (χ4v) is 2.80. The molecular formula is C12H20O4S. The molecule has 4 nitrogen and oxygen atoms in total. The van der Waals surface area contributed by atoms with Gasteiger partial charge in [-0.2, -0.15) is 11.8 Å². The van der Waals surface area contributed by atoms with Gasteiger partial charge in [0.25, 0.3) is 0 Å². The predicted molar refractivity (Wildman–Crippen MR) is 67.2 cm³/mol. The van der Waals surface area contributed by atoms with E-state index in [9.17, 15) is 9.59 Å². The average molecular weight is 260 g/mol. The molecule has 98 valence electrons. The fourth-order valence-electron chi connectivity index (χ4n) is 1.97. The number of rotatable bonds is 7. The Kier molecular flexibility index (Phi) is 5.82. The second kappa shape index (κ2) is 6.89. The first-order valence-electron chi connectivity index (χ1n) is 6.03. The molecule has 5 heteroatoms. The van der Waals surface area contributed by atoms with Gasteiger partial charge in [0.15, 0.2) is 0 Å². The molecule has 1 N–H and O–H groups in total. The minimum Gasteiger partial charge on any atom is -0.481 e. The van der Waals surface area contributed by atoms with Gasteiger partial charge in [0.05, 0.1) is 12.8 Å². The molecule has 0 amide bonds. The maximum atomic E-state index is 11.5. The Morgan fingerprint density at radius 1 is 1.24 bits per heavy atom. The van der Waals surface area contributed by atoms with Gasteiger partial charge in [-0.05, 0) is 32.6 Å². The van der Waals surface area contributed by atoms with Crippen molar-refractivity contribution in [3.63, 3.8) is 0 Å². The average Bonchev–Trinajstić information content (AvgIpc) is 2.63. The van der Waals surface area contributed by atoms with Gasteiger partial charge >= 0.3 is 11.9 Å². The topological polar surface area (TPSA) is 63.6 Å². The summed E-state index contributed by atoms with van der Waals surface area (Å²) in [6, 6.07) is 0. The lowest BCUT2D eigenvalue weighted by Gasteiger charge is -2.23. The Bertz CT molecular complexity index is 272. The monoisotopic (exact) mass is 260 g/mol. The highest BCUT2D eigenvalue weighted by atomic mass is 32.2. The van der Waals surface area contributed by atoms with Crippen molar-refractivity contribution >= 4 is 23.7 Å². The molecular weight excluding hydrogens is 240 g/mol. The van der Waals surface area contributed by atoms with Crippen LogP contribution in [0.15, 0.2) is 0 Å². The maximum Gasteiger partial charge on any atom is 0.307 e. The molecule has 0 aromatic carbocycles. The number of thioether (sulfide) groups is 1. The summed E-state index contributed by atoms with van der Waals surface area (Å²) in [5.41, 5.74) is -0.247. The van der Waals surface area contributed by atoms with Gasteiger partial charge in [0, 0.05) is 11.5 Å². The molecule has 1 rings (SSSR count). The van der Waals surface area contributed by atoms with E-state index in [1.807, 2.05) is 6.92 Å². The molecule has 1 aliphatic rings. The minimum absolute atomic E-state index is 0.150. The summed E-state index contributed by atoms with van der Waals surface area (Å²) in [5.74, 6) is 0.248. The first kappa shape index (κ1) is 14.4. The largest absolute Gasteiger partial charge is 0.481 e. The van der Waals surface area contributed by atoms with Crippen LogP contribution < -0.4 is 0 Å². The number of hydrogen-bond donors (Lipinski definition) is 1. The lowest BCUT2D eigenvalue weighted by molar-refractivity contribution is -0.156. The molecule has 0 aromatic heterocycles. The second-order valence-electron chi connectivity index (χ2n) is 4.64. The van der Waals surface area contributed by atoms with Crippen LogP contribution in [-0.4, -0.2) is 34.2 Å². The fraction of sp³-hybridized carbons (Fsp3) is 0.833. The zero-order chi connectivity index (χ0) is 12.7. The molecule has 0 unspecified atom stereocenters. The Morgan fingerprint density at radius 2 is 1.82 bits per heavy atom. The predicted octanol–water partition coefficient (Wildman–Crippen LogP) is 2.46. The minimum atomic E-state index is -0.793.